The van der Waals surface area contributed by atoms with Gasteiger partial charge in [-0.2, -0.15) is 0 Å². The van der Waals surface area contributed by atoms with Gasteiger partial charge in [-0.25, -0.2) is 14.8 Å². The molecule has 2 saturated heterocycles. The first kappa shape index (κ1) is 18.2. The number of amides is 2. The van der Waals surface area contributed by atoms with Crippen molar-refractivity contribution >= 4 is 12.0 Å². The number of rotatable bonds is 6. The number of hydrogen-bond acceptors (Lipinski definition) is 6. The van der Waals surface area contributed by atoms with Crippen molar-refractivity contribution in [1.82, 2.24) is 20.6 Å². The molecule has 2 aliphatic heterocycles. The minimum atomic E-state index is -0.239. The zero-order valence-corrected chi connectivity index (χ0v) is 15.4. The quantitative estimate of drug-likeness (QED) is 0.655. The summed E-state index contributed by atoms with van der Waals surface area (Å²) in [6, 6.07) is 1.58. The molecule has 1 saturated carbocycles. The van der Waals surface area contributed by atoms with Crippen LogP contribution >= 0.6 is 0 Å². The lowest BCUT2D eigenvalue weighted by molar-refractivity contribution is 0.0682. The highest BCUT2D eigenvalue weighted by Crippen LogP contribution is 2.33. The van der Waals surface area contributed by atoms with E-state index in [2.05, 4.69) is 27.5 Å². The first-order valence-corrected chi connectivity index (χ1v) is 9.72. The topological polar surface area (TPSA) is 97.4 Å². The molecule has 4 atom stereocenters. The molecule has 1 aromatic rings. The van der Waals surface area contributed by atoms with Crippen molar-refractivity contribution in [2.45, 2.75) is 55.9 Å². The molecule has 3 fully saturated rings. The van der Waals surface area contributed by atoms with Gasteiger partial charge in [0.25, 0.3) is 0 Å². The third-order valence-electron chi connectivity index (χ3n) is 5.54. The Kier molecular flexibility index (Phi) is 5.54. The summed E-state index contributed by atoms with van der Waals surface area (Å²) in [7, 11) is 0. The van der Waals surface area contributed by atoms with Gasteiger partial charge in [-0.15, -0.1) is 6.58 Å². The monoisotopic (exact) mass is 373 g/mol. The Hall–Kier alpha value is -2.19. The van der Waals surface area contributed by atoms with Crippen LogP contribution in [0.4, 0.5) is 10.7 Å². The molecule has 0 aromatic carbocycles. The molecular formula is C19H27N5O3. The summed E-state index contributed by atoms with van der Waals surface area (Å²) >= 11 is 0. The van der Waals surface area contributed by atoms with Gasteiger partial charge < -0.3 is 25.4 Å². The predicted octanol–water partition coefficient (Wildman–Crippen LogP) is 1.57. The molecule has 3 N–H and O–H groups in total. The number of nitrogens with zero attached hydrogens (tertiary/aromatic N) is 2. The average molecular weight is 373 g/mol. The molecule has 0 spiro atoms. The average Bonchev–Trinajstić information content (AvgIpc) is 3.41. The molecule has 3 heterocycles. The molecule has 3 aliphatic rings. The Morgan fingerprint density at radius 2 is 1.96 bits per heavy atom. The largest absolute Gasteiger partial charge is 0.371 e. The van der Waals surface area contributed by atoms with E-state index in [4.69, 9.17) is 14.5 Å². The second-order valence-corrected chi connectivity index (χ2v) is 7.38. The van der Waals surface area contributed by atoms with Crippen molar-refractivity contribution < 1.29 is 14.3 Å². The van der Waals surface area contributed by atoms with Crippen LogP contribution in [0.25, 0.3) is 0 Å². The van der Waals surface area contributed by atoms with Crippen LogP contribution in [0.2, 0.25) is 0 Å². The molecule has 146 valence electrons. The van der Waals surface area contributed by atoms with Crippen LogP contribution in [0.5, 0.6) is 0 Å². The predicted molar refractivity (Wildman–Crippen MR) is 101 cm³/mol. The van der Waals surface area contributed by atoms with E-state index in [9.17, 15) is 4.79 Å². The van der Waals surface area contributed by atoms with Gasteiger partial charge in [0.1, 0.15) is 12.2 Å². The molecule has 1 aromatic heterocycles. The number of carbonyl (C=O) groups excluding carboxylic acids is 1. The van der Waals surface area contributed by atoms with Crippen LogP contribution in [0.1, 0.15) is 37.3 Å². The van der Waals surface area contributed by atoms with Gasteiger partial charge in [0, 0.05) is 24.4 Å². The summed E-state index contributed by atoms with van der Waals surface area (Å²) in [5, 5.41) is 8.99. The molecule has 1 aliphatic carbocycles. The Morgan fingerprint density at radius 1 is 1.22 bits per heavy atom. The summed E-state index contributed by atoms with van der Waals surface area (Å²) in [6.45, 7) is 4.94. The Morgan fingerprint density at radius 3 is 2.74 bits per heavy atom. The number of aromatic nitrogens is 2. The summed E-state index contributed by atoms with van der Waals surface area (Å²) in [5.74, 6) is 1.17. The number of anilines is 1. The van der Waals surface area contributed by atoms with Gasteiger partial charge in [0.05, 0.1) is 25.3 Å². The fraction of sp³-hybridized carbons (Fsp3) is 0.632. The second-order valence-electron chi connectivity index (χ2n) is 7.38. The highest BCUT2D eigenvalue weighted by molar-refractivity contribution is 5.74. The van der Waals surface area contributed by atoms with Crippen molar-refractivity contribution in [1.29, 1.82) is 0 Å². The van der Waals surface area contributed by atoms with Crippen LogP contribution in [-0.4, -0.2) is 60.0 Å². The van der Waals surface area contributed by atoms with Gasteiger partial charge in [-0.05, 0) is 18.9 Å². The zero-order chi connectivity index (χ0) is 18.6. The minimum Gasteiger partial charge on any atom is -0.371 e. The van der Waals surface area contributed by atoms with E-state index in [1.54, 1.807) is 6.08 Å². The first-order valence-electron chi connectivity index (χ1n) is 9.72. The molecular weight excluding hydrogens is 346 g/mol. The minimum absolute atomic E-state index is 0.0307. The number of hydrogen-bond donors (Lipinski definition) is 3. The van der Waals surface area contributed by atoms with Crippen LogP contribution in [-0.2, 0) is 9.47 Å². The highest BCUT2D eigenvalue weighted by Gasteiger charge is 2.48. The molecule has 2 amide bonds. The van der Waals surface area contributed by atoms with E-state index < -0.39 is 0 Å². The smallest absolute Gasteiger partial charge is 0.315 e. The molecule has 0 unspecified atom stereocenters. The normalized spacial score (nSPS) is 30.1. The first-order chi connectivity index (χ1) is 13.2. The lowest BCUT2D eigenvalue weighted by Gasteiger charge is -2.19. The van der Waals surface area contributed by atoms with E-state index in [1.165, 1.54) is 25.7 Å². The summed E-state index contributed by atoms with van der Waals surface area (Å²) in [4.78, 5) is 20.9. The van der Waals surface area contributed by atoms with Crippen molar-refractivity contribution in [3.63, 3.8) is 0 Å². The van der Waals surface area contributed by atoms with Crippen molar-refractivity contribution in [2.75, 3.05) is 25.1 Å². The summed E-state index contributed by atoms with van der Waals surface area (Å²) in [6.07, 6.45) is 8.12. The summed E-state index contributed by atoms with van der Waals surface area (Å²) in [5.41, 5.74) is 1.12. The Labute approximate surface area is 159 Å². The van der Waals surface area contributed by atoms with E-state index in [0.717, 1.165) is 5.69 Å². The van der Waals surface area contributed by atoms with Crippen molar-refractivity contribution in [3.8, 4) is 0 Å². The standard InChI is InChI=1S/C19H27N5O3/c1-2-8-21-19(25)24-15-11-27-16-14(10-26-17(15)16)23-18-20-9-7-13(22-18)12-5-3-4-6-12/h2,7,9,12,14-17H,1,3-6,8,10-11H2,(H,20,22,23)(H2,21,24,25)/t14-,15-,16+,17+/m0/s1. The lowest BCUT2D eigenvalue weighted by Crippen LogP contribution is -2.48. The summed E-state index contributed by atoms with van der Waals surface area (Å²) < 4.78 is 11.8. The van der Waals surface area contributed by atoms with Crippen LogP contribution in [0.3, 0.4) is 0 Å². The van der Waals surface area contributed by atoms with Gasteiger partial charge in [0.2, 0.25) is 5.95 Å². The van der Waals surface area contributed by atoms with E-state index >= 15 is 0 Å². The van der Waals surface area contributed by atoms with Gasteiger partial charge in [0.15, 0.2) is 0 Å². The highest BCUT2D eigenvalue weighted by atomic mass is 16.6. The number of nitrogens with one attached hydrogen (secondary N) is 3. The third-order valence-corrected chi connectivity index (χ3v) is 5.54. The van der Waals surface area contributed by atoms with Gasteiger partial charge in [-0.1, -0.05) is 18.9 Å². The fourth-order valence-electron chi connectivity index (χ4n) is 4.19. The third kappa shape index (κ3) is 4.06. The number of urea groups is 1. The Balaban J connectivity index is 1.34. The van der Waals surface area contributed by atoms with E-state index in [1.807, 2.05) is 12.3 Å². The number of ether oxygens (including phenoxy) is 2. The fourth-order valence-corrected chi connectivity index (χ4v) is 4.19. The van der Waals surface area contributed by atoms with E-state index in [0.29, 0.717) is 31.6 Å². The molecule has 8 nitrogen and oxygen atoms in total. The van der Waals surface area contributed by atoms with Crippen molar-refractivity contribution in [2.24, 2.45) is 0 Å². The second kappa shape index (κ2) is 8.22. The molecule has 0 radical (unpaired) electrons. The maximum absolute atomic E-state index is 11.9. The molecule has 4 rings (SSSR count). The SMILES string of the molecule is C=CCNC(=O)N[C@H]1CO[C@H]2[C@@H]1OC[C@@H]2Nc1nccc(C2CCCC2)n1. The van der Waals surface area contributed by atoms with Gasteiger partial charge in [-0.3, -0.25) is 0 Å². The van der Waals surface area contributed by atoms with Crippen LogP contribution < -0.4 is 16.0 Å². The number of fused-ring (bicyclic) bond motifs is 1. The number of carbonyl (C=O) groups is 1. The lowest BCUT2D eigenvalue weighted by atomic mass is 10.0. The molecule has 27 heavy (non-hydrogen) atoms. The van der Waals surface area contributed by atoms with E-state index in [-0.39, 0.29) is 30.3 Å². The van der Waals surface area contributed by atoms with Crippen LogP contribution in [0, 0.1) is 0 Å². The van der Waals surface area contributed by atoms with Crippen molar-refractivity contribution in [3.05, 3.63) is 30.6 Å². The molecule has 0 bridgehead atoms. The van der Waals surface area contributed by atoms with Crippen LogP contribution in [0.15, 0.2) is 24.9 Å². The Bertz CT molecular complexity index is 679. The molecule has 8 heteroatoms. The maximum atomic E-state index is 11.9. The maximum Gasteiger partial charge on any atom is 0.315 e. The zero-order valence-electron chi connectivity index (χ0n) is 15.4. The van der Waals surface area contributed by atoms with Gasteiger partial charge >= 0.3 is 6.03 Å².